The van der Waals surface area contributed by atoms with Gasteiger partial charge in [0.2, 0.25) is 0 Å². The first-order valence-electron chi connectivity index (χ1n) is 2.43. The van der Waals surface area contributed by atoms with Crippen molar-refractivity contribution < 1.29 is 0 Å². The second-order valence-corrected chi connectivity index (χ2v) is 1.26. The van der Waals surface area contributed by atoms with E-state index in [-0.39, 0.29) is 0 Å². The van der Waals surface area contributed by atoms with E-state index in [4.69, 9.17) is 5.26 Å². The molecule has 3 nitrogen and oxygen atoms in total. The largest absolute Gasteiger partial charge is 0.278 e. The van der Waals surface area contributed by atoms with Crippen LogP contribution in [0.3, 0.4) is 0 Å². The molecule has 0 amide bonds. The Labute approximate surface area is 49.2 Å². The fraction of sp³-hybridized carbons (Fsp3) is 0.600. The average molecular weight is 111 g/mol. The zero-order valence-electron chi connectivity index (χ0n) is 5.13. The van der Waals surface area contributed by atoms with Crippen LogP contribution in [-0.4, -0.2) is 24.8 Å². The van der Waals surface area contributed by atoms with Gasteiger partial charge in [-0.1, -0.05) is 0 Å². The summed E-state index contributed by atoms with van der Waals surface area (Å²) in [7, 11) is 1.64. The zero-order chi connectivity index (χ0) is 6.41. The fourth-order valence-electron chi connectivity index (χ4n) is 0.318. The lowest BCUT2D eigenvalue weighted by atomic mass is 10.7. The lowest BCUT2D eigenvalue weighted by molar-refractivity contribution is 0.626. The van der Waals surface area contributed by atoms with E-state index in [0.29, 0.717) is 6.54 Å². The van der Waals surface area contributed by atoms with E-state index in [1.807, 2.05) is 13.1 Å². The van der Waals surface area contributed by atoms with Gasteiger partial charge in [-0.05, 0) is 6.92 Å². The van der Waals surface area contributed by atoms with Crippen molar-refractivity contribution in [1.29, 1.82) is 5.26 Å². The topological polar surface area (TPSA) is 39.4 Å². The highest BCUT2D eigenvalue weighted by Gasteiger charge is 1.86. The highest BCUT2D eigenvalue weighted by Crippen LogP contribution is 1.74. The molecule has 0 saturated heterocycles. The Bertz CT molecular complexity index is 111. The second kappa shape index (κ2) is 4.13. The third-order valence-electron chi connectivity index (χ3n) is 0.724. The van der Waals surface area contributed by atoms with Crippen molar-refractivity contribution in [2.24, 2.45) is 4.99 Å². The van der Waals surface area contributed by atoms with Crippen LogP contribution in [0.5, 0.6) is 0 Å². The molecule has 0 rings (SSSR count). The molecule has 0 radical (unpaired) electrons. The molecule has 0 N–H and O–H groups in total. The summed E-state index contributed by atoms with van der Waals surface area (Å²) in [5.74, 6) is 0. The van der Waals surface area contributed by atoms with E-state index in [2.05, 4.69) is 4.99 Å². The molecule has 0 fully saturated rings. The number of hydrogen-bond acceptors (Lipinski definition) is 2. The maximum atomic E-state index is 8.24. The Hall–Kier alpha value is -1.04. The number of nitriles is 1. The average Bonchev–Trinajstić information content (AvgIpc) is 1.83. The molecular formula is C5H9N3. The normalized spacial score (nSPS) is 9.12. The van der Waals surface area contributed by atoms with Crippen molar-refractivity contribution in [3.05, 3.63) is 0 Å². The molecule has 0 bridgehead atoms. The summed E-state index contributed by atoms with van der Waals surface area (Å²) in [5, 5.41) is 8.24. The van der Waals surface area contributed by atoms with Crippen molar-refractivity contribution in [3.63, 3.8) is 0 Å². The monoisotopic (exact) mass is 111 g/mol. The standard InChI is InChI=1S/C5H9N3/c1-3-8(4-6)5-7-2/h5H,3H2,1-2H3/b7-5+. The summed E-state index contributed by atoms with van der Waals surface area (Å²) in [6, 6.07) is 0. The van der Waals surface area contributed by atoms with Crippen LogP contribution >= 0.6 is 0 Å². The molecule has 0 aliphatic heterocycles. The summed E-state index contributed by atoms with van der Waals surface area (Å²) in [6.45, 7) is 2.58. The fourth-order valence-corrected chi connectivity index (χ4v) is 0.318. The summed E-state index contributed by atoms with van der Waals surface area (Å²) in [6.07, 6.45) is 3.44. The second-order valence-electron chi connectivity index (χ2n) is 1.26. The smallest absolute Gasteiger partial charge is 0.185 e. The van der Waals surface area contributed by atoms with Crippen molar-refractivity contribution in [3.8, 4) is 6.19 Å². The maximum Gasteiger partial charge on any atom is 0.185 e. The van der Waals surface area contributed by atoms with E-state index < -0.39 is 0 Å². The molecule has 0 aliphatic rings. The summed E-state index contributed by atoms with van der Waals surface area (Å²) >= 11 is 0. The Morgan fingerprint density at radius 1 is 1.88 bits per heavy atom. The Morgan fingerprint density at radius 2 is 2.50 bits per heavy atom. The van der Waals surface area contributed by atoms with E-state index in [0.717, 1.165) is 0 Å². The first-order chi connectivity index (χ1) is 3.85. The van der Waals surface area contributed by atoms with E-state index in [9.17, 15) is 0 Å². The minimum Gasteiger partial charge on any atom is -0.278 e. The molecule has 0 spiro atoms. The minimum absolute atomic E-state index is 0.688. The van der Waals surface area contributed by atoms with Crippen LogP contribution in [0.4, 0.5) is 0 Å². The Balaban J connectivity index is 3.57. The van der Waals surface area contributed by atoms with Crippen LogP contribution < -0.4 is 0 Å². The lowest BCUT2D eigenvalue weighted by Crippen LogP contribution is -2.13. The highest BCUT2D eigenvalue weighted by atomic mass is 15.1. The summed E-state index contributed by atoms with van der Waals surface area (Å²) in [5.41, 5.74) is 0. The third kappa shape index (κ3) is 2.19. The number of nitrogens with zero attached hydrogens (tertiary/aromatic N) is 3. The van der Waals surface area contributed by atoms with Crippen LogP contribution in [0.15, 0.2) is 4.99 Å². The quantitative estimate of drug-likeness (QED) is 0.224. The Morgan fingerprint density at radius 3 is 2.62 bits per heavy atom. The van der Waals surface area contributed by atoms with Gasteiger partial charge >= 0.3 is 0 Å². The van der Waals surface area contributed by atoms with E-state index in [1.165, 1.54) is 11.2 Å². The van der Waals surface area contributed by atoms with Gasteiger partial charge in [-0.3, -0.25) is 9.89 Å². The van der Waals surface area contributed by atoms with Crippen LogP contribution in [0.1, 0.15) is 6.92 Å². The third-order valence-corrected chi connectivity index (χ3v) is 0.724. The van der Waals surface area contributed by atoms with Crippen LogP contribution in [0.25, 0.3) is 0 Å². The zero-order valence-corrected chi connectivity index (χ0v) is 5.13. The molecule has 3 heteroatoms. The van der Waals surface area contributed by atoms with Gasteiger partial charge < -0.3 is 0 Å². The predicted octanol–water partition coefficient (Wildman–Crippen LogP) is 0.447. The molecular weight excluding hydrogens is 102 g/mol. The van der Waals surface area contributed by atoms with Crippen molar-refractivity contribution >= 4 is 6.34 Å². The first-order valence-corrected chi connectivity index (χ1v) is 2.43. The number of hydrogen-bond donors (Lipinski definition) is 0. The van der Waals surface area contributed by atoms with Gasteiger partial charge in [0.25, 0.3) is 0 Å². The summed E-state index contributed by atoms with van der Waals surface area (Å²) < 4.78 is 0. The maximum absolute atomic E-state index is 8.24. The van der Waals surface area contributed by atoms with Crippen LogP contribution in [0, 0.1) is 11.5 Å². The molecule has 0 atom stereocenters. The van der Waals surface area contributed by atoms with Gasteiger partial charge in [0.05, 0.1) is 6.34 Å². The molecule has 0 aromatic rings. The first kappa shape index (κ1) is 6.96. The van der Waals surface area contributed by atoms with E-state index >= 15 is 0 Å². The van der Waals surface area contributed by atoms with Gasteiger partial charge in [-0.25, -0.2) is 0 Å². The van der Waals surface area contributed by atoms with Gasteiger partial charge in [-0.2, -0.15) is 5.26 Å². The van der Waals surface area contributed by atoms with Crippen LogP contribution in [-0.2, 0) is 0 Å². The molecule has 44 valence electrons. The molecule has 0 heterocycles. The van der Waals surface area contributed by atoms with Gasteiger partial charge in [0.15, 0.2) is 6.19 Å². The predicted molar refractivity (Wildman–Crippen MR) is 32.4 cm³/mol. The van der Waals surface area contributed by atoms with Gasteiger partial charge in [0, 0.05) is 13.6 Å². The molecule has 0 aliphatic carbocycles. The highest BCUT2D eigenvalue weighted by molar-refractivity contribution is 5.56. The van der Waals surface area contributed by atoms with Crippen molar-refractivity contribution in [2.75, 3.05) is 13.6 Å². The minimum atomic E-state index is 0.688. The molecule has 0 saturated carbocycles. The SMILES string of the molecule is CCN(C#N)/C=N/C. The number of aliphatic imine (C=N–C) groups is 1. The van der Waals surface area contributed by atoms with Crippen molar-refractivity contribution in [2.45, 2.75) is 6.92 Å². The number of rotatable bonds is 2. The molecule has 8 heavy (non-hydrogen) atoms. The Kier molecular flexibility index (Phi) is 3.59. The van der Waals surface area contributed by atoms with Gasteiger partial charge in [-0.15, -0.1) is 0 Å². The molecule has 0 aromatic carbocycles. The van der Waals surface area contributed by atoms with Gasteiger partial charge in [0.1, 0.15) is 0 Å². The molecule has 0 aromatic heterocycles. The lowest BCUT2D eigenvalue weighted by Gasteiger charge is -2.01. The van der Waals surface area contributed by atoms with Crippen molar-refractivity contribution in [1.82, 2.24) is 4.90 Å². The summed E-state index contributed by atoms with van der Waals surface area (Å²) in [4.78, 5) is 5.10. The van der Waals surface area contributed by atoms with Crippen LogP contribution in [0.2, 0.25) is 0 Å². The molecule has 0 unspecified atom stereocenters. The van der Waals surface area contributed by atoms with E-state index in [1.54, 1.807) is 7.05 Å².